The third-order valence-electron chi connectivity index (χ3n) is 4.93. The summed E-state index contributed by atoms with van der Waals surface area (Å²) in [6.45, 7) is 12.0. The summed E-state index contributed by atoms with van der Waals surface area (Å²) in [5.74, 6) is 0.532. The van der Waals surface area contributed by atoms with Crippen LogP contribution in [0.1, 0.15) is 41.5 Å². The van der Waals surface area contributed by atoms with E-state index >= 15 is 0 Å². The van der Waals surface area contributed by atoms with Crippen molar-refractivity contribution in [3.05, 3.63) is 32.5 Å². The lowest BCUT2D eigenvalue weighted by molar-refractivity contribution is 0.0525. The zero-order valence-corrected chi connectivity index (χ0v) is 19.9. The normalized spacial score (nSPS) is 12.5. The number of aryl methyl sites for hydroxylation is 1. The van der Waals surface area contributed by atoms with Crippen LogP contribution in [0.2, 0.25) is 0 Å². The van der Waals surface area contributed by atoms with Crippen molar-refractivity contribution in [3.63, 3.8) is 0 Å². The monoisotopic (exact) mass is 434 g/mol. The predicted octanol–water partition coefficient (Wildman–Crippen LogP) is 1.75. The van der Waals surface area contributed by atoms with Crippen LogP contribution in [-0.4, -0.2) is 50.0 Å². The van der Waals surface area contributed by atoms with Gasteiger partial charge in [0, 0.05) is 40.3 Å². The molecule has 172 valence electrons. The molecule has 0 aliphatic heterocycles. The lowest BCUT2D eigenvalue weighted by atomic mass is 10.2. The van der Waals surface area contributed by atoms with Gasteiger partial charge in [-0.3, -0.25) is 13.9 Å². The molecule has 2 aromatic heterocycles. The number of hydrogen-bond acceptors (Lipinski definition) is 6. The van der Waals surface area contributed by atoms with Crippen LogP contribution in [0, 0.1) is 0 Å². The summed E-state index contributed by atoms with van der Waals surface area (Å²) in [5.41, 5.74) is 0.366. The molecule has 0 aliphatic rings. The van der Waals surface area contributed by atoms with Crippen LogP contribution in [0.25, 0.3) is 11.2 Å². The molecule has 1 atom stereocenters. The first kappa shape index (κ1) is 24.2. The number of anilines is 1. The fourth-order valence-electron chi connectivity index (χ4n) is 3.03. The first-order chi connectivity index (χ1) is 14.2. The molecule has 0 aromatic carbocycles. The zero-order chi connectivity index (χ0) is 23.7. The van der Waals surface area contributed by atoms with Gasteiger partial charge in [-0.1, -0.05) is 11.6 Å². The van der Waals surface area contributed by atoms with E-state index < -0.39 is 22.9 Å². The lowest BCUT2D eigenvalue weighted by Crippen LogP contribution is -2.43. The van der Waals surface area contributed by atoms with Gasteiger partial charge in [-0.2, -0.15) is 4.98 Å². The number of ether oxygens (including phenoxy) is 1. The lowest BCUT2D eigenvalue weighted by Gasteiger charge is -2.27. The van der Waals surface area contributed by atoms with Gasteiger partial charge in [0.25, 0.3) is 5.56 Å². The second-order valence-electron chi connectivity index (χ2n) is 9.02. The number of fused-ring (bicyclic) bond motifs is 1. The average Bonchev–Trinajstić information content (AvgIpc) is 3.04. The molecule has 0 spiro atoms. The molecule has 0 unspecified atom stereocenters. The van der Waals surface area contributed by atoms with Crippen LogP contribution < -0.4 is 21.5 Å². The molecule has 0 fully saturated rings. The van der Waals surface area contributed by atoms with E-state index in [0.717, 1.165) is 10.1 Å². The molecule has 1 amide bonds. The summed E-state index contributed by atoms with van der Waals surface area (Å²) in [7, 11) is 4.89. The Balaban J connectivity index is 2.46. The van der Waals surface area contributed by atoms with Crippen molar-refractivity contribution in [2.24, 2.45) is 14.1 Å². The molecule has 31 heavy (non-hydrogen) atoms. The fraction of sp³-hybridized carbons (Fsp3) is 0.619. The van der Waals surface area contributed by atoms with Crippen molar-refractivity contribution in [2.45, 2.75) is 59.7 Å². The highest BCUT2D eigenvalue weighted by molar-refractivity contribution is 5.74. The van der Waals surface area contributed by atoms with Crippen LogP contribution in [0.15, 0.2) is 21.2 Å². The number of allylic oxidation sites excluding steroid dienone is 2. The Morgan fingerprint density at radius 1 is 1.23 bits per heavy atom. The van der Waals surface area contributed by atoms with E-state index in [1.54, 1.807) is 32.4 Å². The van der Waals surface area contributed by atoms with Gasteiger partial charge in [0.05, 0.1) is 0 Å². The molecular formula is C21H34N6O4. The Hall–Kier alpha value is -3.04. The van der Waals surface area contributed by atoms with Gasteiger partial charge in [-0.05, 0) is 41.5 Å². The molecule has 2 aromatic rings. The Labute approximate surface area is 182 Å². The van der Waals surface area contributed by atoms with Crippen molar-refractivity contribution in [1.82, 2.24) is 24.0 Å². The number of hydrogen-bond donors (Lipinski definition) is 1. The highest BCUT2D eigenvalue weighted by atomic mass is 16.6. The topological polar surface area (TPSA) is 103 Å². The second kappa shape index (κ2) is 8.99. The van der Waals surface area contributed by atoms with E-state index in [4.69, 9.17) is 4.74 Å². The van der Waals surface area contributed by atoms with E-state index in [-0.39, 0.29) is 6.04 Å². The minimum atomic E-state index is -0.581. The number of carbonyl (C=O) groups excluding carboxylic acids is 1. The van der Waals surface area contributed by atoms with Crippen LogP contribution >= 0.6 is 0 Å². The van der Waals surface area contributed by atoms with Crippen molar-refractivity contribution < 1.29 is 9.53 Å². The number of carbonyl (C=O) groups is 1. The van der Waals surface area contributed by atoms with Crippen molar-refractivity contribution >= 4 is 23.2 Å². The molecule has 2 heterocycles. The summed E-state index contributed by atoms with van der Waals surface area (Å²) < 4.78 is 9.54. The van der Waals surface area contributed by atoms with Gasteiger partial charge >= 0.3 is 11.8 Å². The van der Waals surface area contributed by atoms with Gasteiger partial charge in [0.2, 0.25) is 5.95 Å². The van der Waals surface area contributed by atoms with Gasteiger partial charge in [0.15, 0.2) is 11.2 Å². The largest absolute Gasteiger partial charge is 0.444 e. The van der Waals surface area contributed by atoms with E-state index in [1.807, 2.05) is 38.8 Å². The quantitative estimate of drug-likeness (QED) is 0.695. The molecule has 0 saturated carbocycles. The number of nitrogens with one attached hydrogen (secondary N) is 1. The molecule has 2 rings (SSSR count). The van der Waals surface area contributed by atoms with Gasteiger partial charge in [0.1, 0.15) is 5.60 Å². The molecule has 0 aliphatic carbocycles. The fourth-order valence-corrected chi connectivity index (χ4v) is 3.03. The smallest absolute Gasteiger partial charge is 0.407 e. The maximum Gasteiger partial charge on any atom is 0.407 e. The Kier molecular flexibility index (Phi) is 7.03. The van der Waals surface area contributed by atoms with Crippen LogP contribution in [0.3, 0.4) is 0 Å². The summed E-state index contributed by atoms with van der Waals surface area (Å²) in [4.78, 5) is 43.8. The Bertz CT molecular complexity index is 1110. The molecule has 1 N–H and O–H groups in total. The third-order valence-corrected chi connectivity index (χ3v) is 4.93. The van der Waals surface area contributed by atoms with Crippen LogP contribution in [-0.2, 0) is 25.4 Å². The zero-order valence-electron chi connectivity index (χ0n) is 19.9. The van der Waals surface area contributed by atoms with E-state index in [0.29, 0.717) is 30.2 Å². The van der Waals surface area contributed by atoms with E-state index in [2.05, 4.69) is 10.3 Å². The summed E-state index contributed by atoms with van der Waals surface area (Å²) in [6.07, 6.45) is 1.49. The molecule has 10 heteroatoms. The highest BCUT2D eigenvalue weighted by Gasteiger charge is 2.24. The van der Waals surface area contributed by atoms with E-state index in [9.17, 15) is 14.4 Å². The standard InChI is InChI=1S/C21H34N6O4/c1-13(2)10-11-27-15-16(25(8)20(30)26(9)17(15)28)23-18(27)24(7)14(3)12-22-19(29)31-21(4,5)6/h10,14H,11-12H2,1-9H3,(H,22,29)/t14-/m0/s1. The maximum absolute atomic E-state index is 12.9. The van der Waals surface area contributed by atoms with Gasteiger partial charge in [-0.15, -0.1) is 0 Å². The predicted molar refractivity (Wildman–Crippen MR) is 122 cm³/mol. The second-order valence-corrected chi connectivity index (χ2v) is 9.02. The van der Waals surface area contributed by atoms with E-state index in [1.165, 1.54) is 11.6 Å². The maximum atomic E-state index is 12.9. The van der Waals surface area contributed by atoms with Crippen molar-refractivity contribution in [2.75, 3.05) is 18.5 Å². The van der Waals surface area contributed by atoms with Crippen molar-refractivity contribution in [3.8, 4) is 0 Å². The summed E-state index contributed by atoms with van der Waals surface area (Å²) in [5, 5.41) is 2.76. The Morgan fingerprint density at radius 2 is 1.84 bits per heavy atom. The van der Waals surface area contributed by atoms with Crippen LogP contribution in [0.5, 0.6) is 0 Å². The number of rotatable bonds is 6. The van der Waals surface area contributed by atoms with Crippen LogP contribution in [0.4, 0.5) is 10.7 Å². The Morgan fingerprint density at radius 3 is 2.39 bits per heavy atom. The minimum Gasteiger partial charge on any atom is -0.444 e. The van der Waals surface area contributed by atoms with Crippen molar-refractivity contribution in [1.29, 1.82) is 0 Å². The number of alkyl carbamates (subject to hydrolysis) is 1. The number of likely N-dealkylation sites (N-methyl/N-ethyl adjacent to an activating group) is 1. The average molecular weight is 435 g/mol. The SMILES string of the molecule is CC(C)=CCn1c(N(C)[C@@H](C)CNC(=O)OC(C)(C)C)nc2c1c(=O)n(C)c(=O)n2C. The molecular weight excluding hydrogens is 400 g/mol. The molecule has 10 nitrogen and oxygen atoms in total. The van der Waals surface area contributed by atoms with Gasteiger partial charge in [-0.25, -0.2) is 9.59 Å². The van der Waals surface area contributed by atoms with Gasteiger partial charge < -0.3 is 19.5 Å². The molecule has 0 bridgehead atoms. The summed E-state index contributed by atoms with van der Waals surface area (Å²) in [6, 6.07) is -0.157. The first-order valence-electron chi connectivity index (χ1n) is 10.2. The number of amides is 1. The number of aromatic nitrogens is 4. The summed E-state index contributed by atoms with van der Waals surface area (Å²) >= 11 is 0. The first-order valence-corrected chi connectivity index (χ1v) is 10.2. The highest BCUT2D eigenvalue weighted by Crippen LogP contribution is 2.20. The number of imidazole rings is 1. The molecule has 0 saturated heterocycles. The third kappa shape index (κ3) is 5.36. The number of nitrogens with zero attached hydrogens (tertiary/aromatic N) is 5. The minimum absolute atomic E-state index is 0.157. The molecule has 0 radical (unpaired) electrons.